The molecule has 2 rings (SSSR count). The first-order valence-corrected chi connectivity index (χ1v) is 5.85. The Morgan fingerprint density at radius 1 is 1.33 bits per heavy atom. The number of H-pyrrole nitrogens is 1. The van der Waals surface area contributed by atoms with Crippen molar-refractivity contribution in [2.24, 2.45) is 11.7 Å². The number of primary amides is 1. The Kier molecular flexibility index (Phi) is 3.45. The number of hydrogen-bond donors (Lipinski definition) is 2. The van der Waals surface area contributed by atoms with Crippen LogP contribution in [0.5, 0.6) is 0 Å². The molecule has 1 aliphatic rings. The molecule has 2 heterocycles. The number of nitrogens with two attached hydrogens (primary N) is 1. The first-order valence-electron chi connectivity index (χ1n) is 5.85. The molecule has 1 aromatic rings. The molecule has 0 atom stereocenters. The Bertz CT molecular complexity index is 515. The van der Waals surface area contributed by atoms with E-state index in [1.807, 2.05) is 0 Å². The van der Waals surface area contributed by atoms with E-state index in [1.165, 1.54) is 18.5 Å². The van der Waals surface area contributed by atoms with Crippen molar-refractivity contribution in [2.45, 2.75) is 12.8 Å². The van der Waals surface area contributed by atoms with Gasteiger partial charge in [-0.15, -0.1) is 0 Å². The number of nitrogens with zero attached hydrogens (tertiary/aromatic N) is 1. The Labute approximate surface area is 104 Å². The second-order valence-electron chi connectivity index (χ2n) is 4.39. The predicted molar refractivity (Wildman–Crippen MR) is 64.9 cm³/mol. The SMILES string of the molecule is NC(=O)C1CCN(C(=O)c2c[nH]ccc2=O)CC1. The van der Waals surface area contributed by atoms with Gasteiger partial charge in [0, 0.05) is 37.5 Å². The van der Waals surface area contributed by atoms with Crippen LogP contribution in [0.25, 0.3) is 0 Å². The fourth-order valence-corrected chi connectivity index (χ4v) is 2.12. The molecule has 0 unspecified atom stereocenters. The number of piperidine rings is 1. The molecule has 1 aliphatic heterocycles. The summed E-state index contributed by atoms with van der Waals surface area (Å²) in [5.41, 5.74) is 5.07. The summed E-state index contributed by atoms with van der Waals surface area (Å²) in [4.78, 5) is 39.0. The number of amides is 2. The Hall–Kier alpha value is -2.11. The Balaban J connectivity index is 2.07. The van der Waals surface area contributed by atoms with Crippen LogP contribution in [0.1, 0.15) is 23.2 Å². The van der Waals surface area contributed by atoms with Crippen LogP contribution < -0.4 is 11.2 Å². The molecule has 0 aromatic carbocycles. The van der Waals surface area contributed by atoms with E-state index >= 15 is 0 Å². The highest BCUT2D eigenvalue weighted by Crippen LogP contribution is 2.17. The summed E-state index contributed by atoms with van der Waals surface area (Å²) < 4.78 is 0. The second-order valence-corrected chi connectivity index (χ2v) is 4.39. The van der Waals surface area contributed by atoms with Gasteiger partial charge in [0.05, 0.1) is 0 Å². The highest BCUT2D eigenvalue weighted by atomic mass is 16.2. The molecule has 96 valence electrons. The van der Waals surface area contributed by atoms with Gasteiger partial charge in [-0.25, -0.2) is 0 Å². The van der Waals surface area contributed by atoms with Gasteiger partial charge in [0.2, 0.25) is 5.91 Å². The summed E-state index contributed by atoms with van der Waals surface area (Å²) in [7, 11) is 0. The summed E-state index contributed by atoms with van der Waals surface area (Å²) in [6.07, 6.45) is 4.01. The third-order valence-electron chi connectivity index (χ3n) is 3.24. The van der Waals surface area contributed by atoms with Crippen molar-refractivity contribution in [3.63, 3.8) is 0 Å². The van der Waals surface area contributed by atoms with Crippen molar-refractivity contribution < 1.29 is 9.59 Å². The van der Waals surface area contributed by atoms with Gasteiger partial charge in [-0.3, -0.25) is 14.4 Å². The number of nitrogens with one attached hydrogen (secondary N) is 1. The molecule has 0 saturated carbocycles. The summed E-state index contributed by atoms with van der Waals surface area (Å²) >= 11 is 0. The van der Waals surface area contributed by atoms with Crippen LogP contribution in [0.2, 0.25) is 0 Å². The number of rotatable bonds is 2. The smallest absolute Gasteiger partial charge is 0.259 e. The maximum absolute atomic E-state index is 12.1. The van der Waals surface area contributed by atoms with E-state index in [-0.39, 0.29) is 28.7 Å². The zero-order valence-electron chi connectivity index (χ0n) is 9.89. The number of aromatic nitrogens is 1. The zero-order chi connectivity index (χ0) is 13.1. The van der Waals surface area contributed by atoms with E-state index in [0.717, 1.165) is 0 Å². The molecule has 6 nitrogen and oxygen atoms in total. The largest absolute Gasteiger partial charge is 0.369 e. The van der Waals surface area contributed by atoms with Gasteiger partial charge in [0.1, 0.15) is 5.56 Å². The molecule has 0 aliphatic carbocycles. The lowest BCUT2D eigenvalue weighted by atomic mass is 9.96. The first-order chi connectivity index (χ1) is 8.59. The van der Waals surface area contributed by atoms with Crippen LogP contribution in [0.4, 0.5) is 0 Å². The van der Waals surface area contributed by atoms with Gasteiger partial charge in [0.15, 0.2) is 5.43 Å². The topological polar surface area (TPSA) is 96.3 Å². The standard InChI is InChI=1S/C12H15N3O3/c13-11(17)8-2-5-15(6-3-8)12(18)9-7-14-4-1-10(9)16/h1,4,7-8H,2-3,5-6H2,(H2,13,17)(H,14,16). The molecule has 0 spiro atoms. The molecule has 6 heteroatoms. The van der Waals surface area contributed by atoms with Gasteiger partial charge in [-0.05, 0) is 12.8 Å². The maximum Gasteiger partial charge on any atom is 0.259 e. The number of carbonyl (C=O) groups excluding carboxylic acids is 2. The lowest BCUT2D eigenvalue weighted by molar-refractivity contribution is -0.123. The normalized spacial score (nSPS) is 16.6. The maximum atomic E-state index is 12.1. The Morgan fingerprint density at radius 3 is 2.56 bits per heavy atom. The fraction of sp³-hybridized carbons (Fsp3) is 0.417. The van der Waals surface area contributed by atoms with Crippen molar-refractivity contribution >= 4 is 11.8 Å². The van der Waals surface area contributed by atoms with Crippen LogP contribution in [-0.4, -0.2) is 34.8 Å². The van der Waals surface area contributed by atoms with Crippen molar-refractivity contribution in [1.82, 2.24) is 9.88 Å². The second kappa shape index (κ2) is 5.03. The van der Waals surface area contributed by atoms with E-state index < -0.39 is 0 Å². The molecule has 1 aromatic heterocycles. The lowest BCUT2D eigenvalue weighted by Gasteiger charge is -2.30. The van der Waals surface area contributed by atoms with Crippen molar-refractivity contribution in [1.29, 1.82) is 0 Å². The van der Waals surface area contributed by atoms with Crippen molar-refractivity contribution in [2.75, 3.05) is 13.1 Å². The molecule has 0 radical (unpaired) electrons. The molecule has 1 fully saturated rings. The van der Waals surface area contributed by atoms with Crippen LogP contribution in [-0.2, 0) is 4.79 Å². The van der Waals surface area contributed by atoms with Crippen LogP contribution in [0.3, 0.4) is 0 Å². The van der Waals surface area contributed by atoms with E-state index in [9.17, 15) is 14.4 Å². The highest BCUT2D eigenvalue weighted by Gasteiger charge is 2.27. The average Bonchev–Trinajstić information content (AvgIpc) is 2.38. The first kappa shape index (κ1) is 12.3. The van der Waals surface area contributed by atoms with E-state index in [2.05, 4.69) is 4.98 Å². The van der Waals surface area contributed by atoms with Gasteiger partial charge in [0.25, 0.3) is 5.91 Å². The number of likely N-dealkylation sites (tertiary alicyclic amines) is 1. The average molecular weight is 249 g/mol. The summed E-state index contributed by atoms with van der Waals surface area (Å²) in [5.74, 6) is -0.775. The minimum Gasteiger partial charge on any atom is -0.369 e. The monoisotopic (exact) mass is 249 g/mol. The van der Waals surface area contributed by atoms with Gasteiger partial charge in [-0.1, -0.05) is 0 Å². The molecule has 0 bridgehead atoms. The quantitative estimate of drug-likeness (QED) is 0.754. The Morgan fingerprint density at radius 2 is 2.00 bits per heavy atom. The number of pyridine rings is 1. The van der Waals surface area contributed by atoms with Crippen LogP contribution in [0, 0.1) is 5.92 Å². The molecular weight excluding hydrogens is 234 g/mol. The molecule has 1 saturated heterocycles. The fourth-order valence-electron chi connectivity index (χ4n) is 2.12. The highest BCUT2D eigenvalue weighted by molar-refractivity contribution is 5.94. The van der Waals surface area contributed by atoms with Crippen LogP contribution in [0.15, 0.2) is 23.3 Å². The number of aromatic amines is 1. The van der Waals surface area contributed by atoms with E-state index in [0.29, 0.717) is 25.9 Å². The summed E-state index contributed by atoms with van der Waals surface area (Å²) in [5, 5.41) is 0. The third kappa shape index (κ3) is 2.42. The van der Waals surface area contributed by atoms with Gasteiger partial charge in [-0.2, -0.15) is 0 Å². The van der Waals surface area contributed by atoms with Gasteiger partial charge < -0.3 is 15.6 Å². The van der Waals surface area contributed by atoms with Crippen LogP contribution >= 0.6 is 0 Å². The van der Waals surface area contributed by atoms with E-state index in [4.69, 9.17) is 5.73 Å². The van der Waals surface area contributed by atoms with Gasteiger partial charge >= 0.3 is 0 Å². The van der Waals surface area contributed by atoms with E-state index in [1.54, 1.807) is 4.90 Å². The van der Waals surface area contributed by atoms with Crippen molar-refractivity contribution in [3.05, 3.63) is 34.2 Å². The summed E-state index contributed by atoms with van der Waals surface area (Å²) in [6, 6.07) is 1.32. The predicted octanol–water partition coefficient (Wildman–Crippen LogP) is -0.288. The number of carbonyl (C=O) groups is 2. The molecule has 18 heavy (non-hydrogen) atoms. The minimum atomic E-state index is -0.320. The summed E-state index contributed by atoms with van der Waals surface area (Å²) in [6.45, 7) is 0.918. The van der Waals surface area contributed by atoms with Crippen molar-refractivity contribution in [3.8, 4) is 0 Å². The number of hydrogen-bond acceptors (Lipinski definition) is 3. The molecular formula is C12H15N3O3. The lowest BCUT2D eigenvalue weighted by Crippen LogP contribution is -2.42. The molecule has 2 amide bonds. The molecule has 3 N–H and O–H groups in total. The third-order valence-corrected chi connectivity index (χ3v) is 3.24. The minimum absolute atomic E-state index is 0.134. The zero-order valence-corrected chi connectivity index (χ0v) is 9.89.